The van der Waals surface area contributed by atoms with Crippen LogP contribution in [0.15, 0.2) is 0 Å². The third kappa shape index (κ3) is 7.89. The first-order valence-electron chi connectivity index (χ1n) is 3.52. The molecule has 0 heterocycles. The number of alkyl halides is 1. The molecule has 2 N–H and O–H groups in total. The van der Waals surface area contributed by atoms with Crippen LogP contribution in [0.4, 0.5) is 4.39 Å². The molecule has 0 saturated heterocycles. The van der Waals surface area contributed by atoms with Gasteiger partial charge in [-0.2, -0.15) is 0 Å². The Kier molecular flexibility index (Phi) is 4.68. The third-order valence-electron chi connectivity index (χ3n) is 1.26. The Bertz CT molecular complexity index is 53.9. The van der Waals surface area contributed by atoms with Gasteiger partial charge in [-0.05, 0) is 33.1 Å². The maximum absolute atomic E-state index is 12.1. The highest BCUT2D eigenvalue weighted by atomic mass is 19.1. The highest BCUT2D eigenvalue weighted by molar-refractivity contribution is 4.55. The van der Waals surface area contributed by atoms with Gasteiger partial charge >= 0.3 is 0 Å². The average molecular weight is 133 g/mol. The van der Waals surface area contributed by atoms with Crippen molar-refractivity contribution in [3.8, 4) is 0 Å². The summed E-state index contributed by atoms with van der Waals surface area (Å²) in [7, 11) is 0. The van der Waals surface area contributed by atoms with Crippen molar-refractivity contribution in [2.45, 2.75) is 45.3 Å². The van der Waals surface area contributed by atoms with Gasteiger partial charge in [0.1, 0.15) is 0 Å². The third-order valence-corrected chi connectivity index (χ3v) is 1.26. The van der Waals surface area contributed by atoms with Crippen LogP contribution in [0, 0.1) is 0 Å². The predicted octanol–water partition coefficient (Wildman–Crippen LogP) is 1.86. The van der Waals surface area contributed by atoms with E-state index in [1.165, 1.54) is 0 Å². The Hall–Kier alpha value is -0.110. The molecule has 2 heteroatoms. The van der Waals surface area contributed by atoms with Crippen molar-refractivity contribution >= 4 is 0 Å². The number of hydrogen-bond acceptors (Lipinski definition) is 1. The topological polar surface area (TPSA) is 26.0 Å². The summed E-state index contributed by atoms with van der Waals surface area (Å²) in [6, 6.07) is 0.226. The zero-order valence-electron chi connectivity index (χ0n) is 6.23. The van der Waals surface area contributed by atoms with Crippen LogP contribution in [0.3, 0.4) is 0 Å². The number of halogens is 1. The minimum atomic E-state index is -0.663. The first-order valence-corrected chi connectivity index (χ1v) is 3.52. The molecule has 9 heavy (non-hydrogen) atoms. The second-order valence-electron chi connectivity index (χ2n) is 2.69. The molecule has 0 aromatic carbocycles. The summed E-state index contributed by atoms with van der Waals surface area (Å²) >= 11 is 0. The first kappa shape index (κ1) is 8.89. The quantitative estimate of drug-likeness (QED) is 0.622. The van der Waals surface area contributed by atoms with Crippen molar-refractivity contribution in [3.63, 3.8) is 0 Å². The molecule has 0 aromatic rings. The van der Waals surface area contributed by atoms with Gasteiger partial charge in [0.2, 0.25) is 0 Å². The molecule has 56 valence electrons. The van der Waals surface area contributed by atoms with E-state index >= 15 is 0 Å². The van der Waals surface area contributed by atoms with Crippen molar-refractivity contribution in [3.05, 3.63) is 0 Å². The predicted molar refractivity (Wildman–Crippen MR) is 38.1 cm³/mol. The van der Waals surface area contributed by atoms with E-state index in [9.17, 15) is 4.39 Å². The summed E-state index contributed by atoms with van der Waals surface area (Å²) in [6.45, 7) is 3.53. The van der Waals surface area contributed by atoms with E-state index in [-0.39, 0.29) is 6.04 Å². The second kappa shape index (κ2) is 4.74. The molecule has 0 saturated carbocycles. The fraction of sp³-hybridized carbons (Fsp3) is 1.00. The lowest BCUT2D eigenvalue weighted by molar-refractivity contribution is 0.328. The molecule has 0 aliphatic rings. The van der Waals surface area contributed by atoms with Gasteiger partial charge in [0.25, 0.3) is 0 Å². The van der Waals surface area contributed by atoms with Gasteiger partial charge in [-0.25, -0.2) is 4.39 Å². The first-order chi connectivity index (χ1) is 4.13. The van der Waals surface area contributed by atoms with Gasteiger partial charge in [-0.15, -0.1) is 0 Å². The molecular weight excluding hydrogens is 117 g/mol. The molecule has 2 unspecified atom stereocenters. The van der Waals surface area contributed by atoms with Crippen LogP contribution in [0.5, 0.6) is 0 Å². The number of hydrogen-bond donors (Lipinski definition) is 1. The van der Waals surface area contributed by atoms with E-state index in [2.05, 4.69) is 0 Å². The van der Waals surface area contributed by atoms with Crippen LogP contribution in [-0.2, 0) is 0 Å². The largest absolute Gasteiger partial charge is 0.328 e. The number of rotatable bonds is 4. The molecule has 0 rings (SSSR count). The molecule has 0 amide bonds. The lowest BCUT2D eigenvalue weighted by Crippen LogP contribution is -2.14. The maximum Gasteiger partial charge on any atom is 0.0973 e. The van der Waals surface area contributed by atoms with E-state index in [1.54, 1.807) is 6.92 Å². The van der Waals surface area contributed by atoms with Crippen molar-refractivity contribution in [2.75, 3.05) is 0 Å². The summed E-state index contributed by atoms with van der Waals surface area (Å²) in [5.74, 6) is 0. The molecule has 0 fully saturated rings. The van der Waals surface area contributed by atoms with Crippen LogP contribution < -0.4 is 5.73 Å². The van der Waals surface area contributed by atoms with Crippen LogP contribution in [-0.4, -0.2) is 12.2 Å². The fourth-order valence-corrected chi connectivity index (χ4v) is 0.721. The summed E-state index contributed by atoms with van der Waals surface area (Å²) in [6.07, 6.45) is 1.84. The minimum absolute atomic E-state index is 0.226. The minimum Gasteiger partial charge on any atom is -0.328 e. The van der Waals surface area contributed by atoms with Gasteiger partial charge < -0.3 is 5.73 Å². The van der Waals surface area contributed by atoms with E-state index in [0.29, 0.717) is 6.42 Å². The van der Waals surface area contributed by atoms with Crippen molar-refractivity contribution in [1.82, 2.24) is 0 Å². The highest BCUT2D eigenvalue weighted by Gasteiger charge is 1.98. The average Bonchev–Trinajstić information content (AvgIpc) is 1.63. The zero-order chi connectivity index (χ0) is 7.28. The van der Waals surface area contributed by atoms with Gasteiger partial charge in [0, 0.05) is 6.04 Å². The molecular formula is C7H16FN. The summed E-state index contributed by atoms with van der Waals surface area (Å²) in [4.78, 5) is 0. The molecule has 0 bridgehead atoms. The monoisotopic (exact) mass is 133 g/mol. The van der Waals surface area contributed by atoms with Crippen molar-refractivity contribution < 1.29 is 4.39 Å². The summed E-state index contributed by atoms with van der Waals surface area (Å²) < 4.78 is 12.1. The molecule has 1 nitrogen and oxygen atoms in total. The van der Waals surface area contributed by atoms with Crippen LogP contribution >= 0.6 is 0 Å². The lowest BCUT2D eigenvalue weighted by Gasteiger charge is -2.03. The van der Waals surface area contributed by atoms with E-state index in [4.69, 9.17) is 5.73 Å². The van der Waals surface area contributed by atoms with E-state index in [0.717, 1.165) is 12.8 Å². The Balaban J connectivity index is 2.91. The van der Waals surface area contributed by atoms with Crippen molar-refractivity contribution in [1.29, 1.82) is 0 Å². The Labute approximate surface area is 56.4 Å². The van der Waals surface area contributed by atoms with Gasteiger partial charge in [-0.1, -0.05) is 0 Å². The van der Waals surface area contributed by atoms with Gasteiger partial charge in [0.15, 0.2) is 0 Å². The number of nitrogens with two attached hydrogens (primary N) is 1. The summed E-state index contributed by atoms with van der Waals surface area (Å²) in [5.41, 5.74) is 5.46. The maximum atomic E-state index is 12.1. The Morgan fingerprint density at radius 3 is 2.22 bits per heavy atom. The Morgan fingerprint density at radius 1 is 1.33 bits per heavy atom. The molecule has 0 aliphatic heterocycles. The normalized spacial score (nSPS) is 17.3. The molecule has 0 aliphatic carbocycles. The summed E-state index contributed by atoms with van der Waals surface area (Å²) in [5, 5.41) is 0. The van der Waals surface area contributed by atoms with Gasteiger partial charge in [0.05, 0.1) is 6.17 Å². The standard InChI is InChI=1S/C7H16FN/c1-6(8)4-3-5-7(2)9/h6-7H,3-5,9H2,1-2H3. The lowest BCUT2D eigenvalue weighted by atomic mass is 10.1. The SMILES string of the molecule is CC(N)CCCC(C)F. The van der Waals surface area contributed by atoms with Crippen LogP contribution in [0.1, 0.15) is 33.1 Å². The molecule has 0 aromatic heterocycles. The smallest absolute Gasteiger partial charge is 0.0973 e. The fourth-order valence-electron chi connectivity index (χ4n) is 0.721. The van der Waals surface area contributed by atoms with Gasteiger partial charge in [-0.3, -0.25) is 0 Å². The van der Waals surface area contributed by atoms with Crippen molar-refractivity contribution in [2.24, 2.45) is 5.73 Å². The van der Waals surface area contributed by atoms with E-state index in [1.807, 2.05) is 6.92 Å². The zero-order valence-corrected chi connectivity index (χ0v) is 6.23. The molecule has 0 spiro atoms. The Morgan fingerprint density at radius 2 is 1.89 bits per heavy atom. The van der Waals surface area contributed by atoms with Crippen LogP contribution in [0.2, 0.25) is 0 Å². The second-order valence-corrected chi connectivity index (χ2v) is 2.69. The van der Waals surface area contributed by atoms with E-state index < -0.39 is 6.17 Å². The molecule has 2 atom stereocenters. The molecule has 0 radical (unpaired) electrons. The highest BCUT2D eigenvalue weighted by Crippen LogP contribution is 2.04. The van der Waals surface area contributed by atoms with Crippen LogP contribution in [0.25, 0.3) is 0 Å².